The molecule has 4 N–H and O–H groups in total. The van der Waals surface area contributed by atoms with Crippen LogP contribution >= 0.6 is 11.6 Å². The van der Waals surface area contributed by atoms with Gasteiger partial charge in [-0.2, -0.15) is 0 Å². The van der Waals surface area contributed by atoms with Crippen molar-refractivity contribution in [2.75, 3.05) is 11.9 Å². The lowest BCUT2D eigenvalue weighted by atomic mass is 10.1. The van der Waals surface area contributed by atoms with Crippen molar-refractivity contribution in [3.8, 4) is 0 Å². The van der Waals surface area contributed by atoms with Crippen molar-refractivity contribution in [1.82, 2.24) is 5.32 Å². The molecule has 0 unspecified atom stereocenters. The number of carbonyl (C=O) groups excluding carboxylic acids is 2. The van der Waals surface area contributed by atoms with Crippen LogP contribution in [0.1, 0.15) is 22.8 Å². The SMILES string of the molecule is CCNC(=O)c1ccc(NC(=O)[C@H](N)Cc2ccccc2)cc1Cl. The smallest absolute Gasteiger partial charge is 0.252 e. The number of nitrogens with two attached hydrogens (primary N) is 1. The van der Waals surface area contributed by atoms with Gasteiger partial charge < -0.3 is 16.4 Å². The molecule has 2 amide bonds. The highest BCUT2D eigenvalue weighted by Crippen LogP contribution is 2.21. The molecule has 0 heterocycles. The first kappa shape index (κ1) is 18.0. The summed E-state index contributed by atoms with van der Waals surface area (Å²) in [6.07, 6.45) is 0.442. The highest BCUT2D eigenvalue weighted by molar-refractivity contribution is 6.34. The first-order valence-corrected chi connectivity index (χ1v) is 8.07. The van der Waals surface area contributed by atoms with Crippen molar-refractivity contribution in [1.29, 1.82) is 0 Å². The van der Waals surface area contributed by atoms with Gasteiger partial charge in [0.25, 0.3) is 5.91 Å². The van der Waals surface area contributed by atoms with E-state index < -0.39 is 6.04 Å². The monoisotopic (exact) mass is 345 g/mol. The number of benzene rings is 2. The molecule has 0 saturated heterocycles. The molecule has 2 aromatic carbocycles. The van der Waals surface area contributed by atoms with Crippen molar-refractivity contribution in [3.63, 3.8) is 0 Å². The fraction of sp³-hybridized carbons (Fsp3) is 0.222. The van der Waals surface area contributed by atoms with E-state index in [1.165, 1.54) is 0 Å². The maximum Gasteiger partial charge on any atom is 0.252 e. The van der Waals surface area contributed by atoms with Crippen molar-refractivity contribution in [2.45, 2.75) is 19.4 Å². The molecular weight excluding hydrogens is 326 g/mol. The predicted octanol–water partition coefficient (Wildman–Crippen LogP) is 2.60. The molecule has 0 radical (unpaired) electrons. The summed E-state index contributed by atoms with van der Waals surface area (Å²) in [6, 6.07) is 13.6. The molecule has 1 atom stereocenters. The molecule has 6 heteroatoms. The highest BCUT2D eigenvalue weighted by atomic mass is 35.5. The minimum Gasteiger partial charge on any atom is -0.352 e. The molecule has 2 aromatic rings. The Labute approximate surface area is 146 Å². The van der Waals surface area contributed by atoms with Gasteiger partial charge in [-0.3, -0.25) is 9.59 Å². The number of hydrogen-bond donors (Lipinski definition) is 3. The maximum atomic E-state index is 12.2. The van der Waals surface area contributed by atoms with Crippen molar-refractivity contribution in [2.24, 2.45) is 5.73 Å². The number of anilines is 1. The number of carbonyl (C=O) groups is 2. The molecule has 24 heavy (non-hydrogen) atoms. The molecule has 0 aliphatic rings. The lowest BCUT2D eigenvalue weighted by molar-refractivity contribution is -0.117. The van der Waals surface area contributed by atoms with Crippen LogP contribution in [0.5, 0.6) is 0 Å². The Balaban J connectivity index is 2.01. The highest BCUT2D eigenvalue weighted by Gasteiger charge is 2.16. The minimum atomic E-state index is -0.672. The van der Waals surface area contributed by atoms with Gasteiger partial charge in [-0.15, -0.1) is 0 Å². The van der Waals surface area contributed by atoms with E-state index in [4.69, 9.17) is 17.3 Å². The summed E-state index contributed by atoms with van der Waals surface area (Å²) in [7, 11) is 0. The molecule has 0 saturated carbocycles. The van der Waals surface area contributed by atoms with Gasteiger partial charge in [-0.25, -0.2) is 0 Å². The first-order chi connectivity index (χ1) is 11.5. The minimum absolute atomic E-state index is 0.249. The van der Waals surface area contributed by atoms with Crippen molar-refractivity contribution >= 4 is 29.1 Å². The van der Waals surface area contributed by atoms with Gasteiger partial charge >= 0.3 is 0 Å². The Morgan fingerprint density at radius 2 is 1.88 bits per heavy atom. The first-order valence-electron chi connectivity index (χ1n) is 7.69. The van der Waals surface area contributed by atoms with Gasteiger partial charge in [0, 0.05) is 12.2 Å². The molecule has 126 valence electrons. The van der Waals surface area contributed by atoms with Crippen molar-refractivity contribution < 1.29 is 9.59 Å². The third-order valence-electron chi connectivity index (χ3n) is 3.45. The van der Waals surface area contributed by atoms with Crippen LogP contribution in [0.4, 0.5) is 5.69 Å². The van der Waals surface area contributed by atoms with Crippen molar-refractivity contribution in [3.05, 3.63) is 64.7 Å². The Hall–Kier alpha value is -2.37. The summed E-state index contributed by atoms with van der Waals surface area (Å²) in [5.41, 5.74) is 7.80. The predicted molar refractivity (Wildman–Crippen MR) is 96.2 cm³/mol. The van der Waals surface area contributed by atoms with Crippen LogP contribution in [0.2, 0.25) is 5.02 Å². The molecule has 0 aliphatic heterocycles. The van der Waals surface area contributed by atoms with Crippen LogP contribution in [0.15, 0.2) is 48.5 Å². The van der Waals surface area contributed by atoms with E-state index in [9.17, 15) is 9.59 Å². The van der Waals surface area contributed by atoms with E-state index in [2.05, 4.69) is 10.6 Å². The standard InChI is InChI=1S/C18H20ClN3O2/c1-2-21-17(23)14-9-8-13(11-15(14)19)22-18(24)16(20)10-12-6-4-3-5-7-12/h3-9,11,16H,2,10,20H2,1H3,(H,21,23)(H,22,24)/t16-/m1/s1. The zero-order valence-electron chi connectivity index (χ0n) is 13.4. The summed E-state index contributed by atoms with van der Waals surface area (Å²) < 4.78 is 0. The second-order valence-corrected chi connectivity index (χ2v) is 5.75. The lowest BCUT2D eigenvalue weighted by Crippen LogP contribution is -2.37. The van der Waals surface area contributed by atoms with Gasteiger partial charge in [0.2, 0.25) is 5.91 Å². The summed E-state index contributed by atoms with van der Waals surface area (Å²) >= 11 is 6.11. The zero-order chi connectivity index (χ0) is 17.5. The Morgan fingerprint density at radius 1 is 1.17 bits per heavy atom. The quantitative estimate of drug-likeness (QED) is 0.752. The van der Waals surface area contributed by atoms with Gasteiger partial charge in [-0.05, 0) is 37.1 Å². The topological polar surface area (TPSA) is 84.2 Å². The third-order valence-corrected chi connectivity index (χ3v) is 3.77. The normalized spacial score (nSPS) is 11.6. The maximum absolute atomic E-state index is 12.2. The van der Waals surface area contributed by atoms with E-state index in [-0.39, 0.29) is 16.8 Å². The van der Waals surface area contributed by atoms with E-state index in [1.807, 2.05) is 37.3 Å². The zero-order valence-corrected chi connectivity index (χ0v) is 14.1. The molecule has 0 aromatic heterocycles. The van der Waals surface area contributed by atoms with Gasteiger partial charge in [-0.1, -0.05) is 41.9 Å². The van der Waals surface area contributed by atoms with Crippen LogP contribution in [-0.4, -0.2) is 24.4 Å². The van der Waals surface area contributed by atoms with Crippen LogP contribution in [0, 0.1) is 0 Å². The fourth-order valence-corrected chi connectivity index (χ4v) is 2.49. The van der Waals surface area contributed by atoms with Gasteiger partial charge in [0.05, 0.1) is 16.6 Å². The molecule has 0 bridgehead atoms. The van der Waals surface area contributed by atoms with Gasteiger partial charge in [0.15, 0.2) is 0 Å². The fourth-order valence-electron chi connectivity index (χ4n) is 2.23. The molecule has 2 rings (SSSR count). The molecular formula is C18H20ClN3O2. The lowest BCUT2D eigenvalue weighted by Gasteiger charge is -2.13. The Bertz CT molecular complexity index is 719. The average Bonchev–Trinajstić information content (AvgIpc) is 2.56. The number of halogens is 1. The summed E-state index contributed by atoms with van der Waals surface area (Å²) in [5, 5.41) is 5.67. The summed E-state index contributed by atoms with van der Waals surface area (Å²) in [4.78, 5) is 24.0. The number of amides is 2. The van der Waals surface area contributed by atoms with Crippen LogP contribution in [-0.2, 0) is 11.2 Å². The summed E-state index contributed by atoms with van der Waals surface area (Å²) in [6.45, 7) is 2.34. The Morgan fingerprint density at radius 3 is 2.50 bits per heavy atom. The Kier molecular flexibility index (Phi) is 6.35. The van der Waals surface area contributed by atoms with Gasteiger partial charge in [0.1, 0.15) is 0 Å². The third kappa shape index (κ3) is 4.81. The van der Waals surface area contributed by atoms with E-state index in [0.29, 0.717) is 24.2 Å². The molecule has 5 nitrogen and oxygen atoms in total. The van der Waals surface area contributed by atoms with Crippen LogP contribution in [0.3, 0.4) is 0 Å². The van der Waals surface area contributed by atoms with Crippen LogP contribution in [0.25, 0.3) is 0 Å². The number of rotatable bonds is 6. The molecule has 0 aliphatic carbocycles. The van der Waals surface area contributed by atoms with Crippen LogP contribution < -0.4 is 16.4 Å². The van der Waals surface area contributed by atoms with E-state index in [1.54, 1.807) is 18.2 Å². The molecule has 0 fully saturated rings. The molecule has 0 spiro atoms. The second kappa shape index (κ2) is 8.47. The number of nitrogens with one attached hydrogen (secondary N) is 2. The largest absolute Gasteiger partial charge is 0.352 e. The number of hydrogen-bond acceptors (Lipinski definition) is 3. The van der Waals surface area contributed by atoms with E-state index in [0.717, 1.165) is 5.56 Å². The average molecular weight is 346 g/mol. The van der Waals surface area contributed by atoms with E-state index >= 15 is 0 Å². The summed E-state index contributed by atoms with van der Waals surface area (Å²) in [5.74, 6) is -0.554. The second-order valence-electron chi connectivity index (χ2n) is 5.34.